The second-order valence-corrected chi connectivity index (χ2v) is 16.0. The lowest BCUT2D eigenvalue weighted by Crippen LogP contribution is -2.27. The van der Waals surface area contributed by atoms with E-state index in [1.165, 1.54) is 33.4 Å². The topological polar surface area (TPSA) is 72.5 Å². The zero-order valence-electron chi connectivity index (χ0n) is 32.4. The Labute approximate surface area is 314 Å². The summed E-state index contributed by atoms with van der Waals surface area (Å²) in [5.41, 5.74) is 10.5. The molecule has 1 aliphatic heterocycles. The average Bonchev–Trinajstić information content (AvgIpc) is 3.16. The Morgan fingerprint density at radius 1 is 0.491 bits per heavy atom. The van der Waals surface area contributed by atoms with Crippen molar-refractivity contribution in [3.63, 3.8) is 0 Å². The monoisotopic (exact) mass is 732 g/mol. The fourth-order valence-electron chi connectivity index (χ4n) is 8.20. The maximum Gasteiger partial charge on any atom is 0.134 e. The van der Waals surface area contributed by atoms with Crippen LogP contribution in [0.5, 0.6) is 34.5 Å². The molecule has 1 heterocycles. The number of benzene rings is 5. The minimum Gasteiger partial charge on any atom is -0.496 e. The molecule has 0 aromatic heterocycles. The fraction of sp³-hybridized carbons (Fsp3) is 0.311. The highest BCUT2D eigenvalue weighted by Crippen LogP contribution is 2.70. The lowest BCUT2D eigenvalue weighted by Gasteiger charge is -2.43. The van der Waals surface area contributed by atoms with Gasteiger partial charge in [-0.2, -0.15) is 0 Å². The van der Waals surface area contributed by atoms with Crippen molar-refractivity contribution in [2.75, 3.05) is 42.7 Å². The van der Waals surface area contributed by atoms with Crippen LogP contribution in [0.25, 0.3) is 22.3 Å². The molecule has 0 amide bonds. The van der Waals surface area contributed by atoms with E-state index in [1.807, 2.05) is 24.3 Å². The van der Waals surface area contributed by atoms with Crippen LogP contribution in [0.1, 0.15) is 57.5 Å². The smallest absolute Gasteiger partial charge is 0.134 e. The molecule has 5 aromatic rings. The first-order chi connectivity index (χ1) is 25.6. The van der Waals surface area contributed by atoms with Gasteiger partial charge in [-0.25, -0.2) is 0 Å². The van der Waals surface area contributed by atoms with E-state index in [1.54, 1.807) is 42.7 Å². The molecule has 7 nitrogen and oxygen atoms in total. The van der Waals surface area contributed by atoms with Crippen LogP contribution in [0, 0.1) is 27.7 Å². The van der Waals surface area contributed by atoms with E-state index in [-0.39, 0.29) is 17.1 Å². The number of methoxy groups -OCH3 is 6. The number of Topliss-reactive ketones (excluding diaryl/α,β-unsaturated/α-hetero) is 1. The summed E-state index contributed by atoms with van der Waals surface area (Å²) < 4.78 is 35.9. The lowest BCUT2D eigenvalue weighted by molar-refractivity contribution is -0.119. The number of hydrogen-bond acceptors (Lipinski definition) is 7. The molecule has 6 rings (SSSR count). The van der Waals surface area contributed by atoms with Gasteiger partial charge >= 0.3 is 0 Å². The molecular formula is C45H49O7P. The Morgan fingerprint density at radius 3 is 1.11 bits per heavy atom. The molecule has 8 heteroatoms. The normalized spacial score (nSPS) is 16.9. The molecule has 2 unspecified atom stereocenters. The summed E-state index contributed by atoms with van der Waals surface area (Å²) in [6.45, 7) is 8.67. The standard InChI is InChI=1S/C45H49O7P/c1-26-14-11-15-27(2)41(26)39-20-30(46)21-40(42-28(3)16-12-17-29(42)4)53(39)45-33(43-35(49-7)22-31(47-5)23-36(43)50-8)18-13-19-34(45)44-37(51-9)24-32(48-6)25-38(44)52-10/h11-19,22-25,39-40H,20-21H2,1-10H3. The van der Waals surface area contributed by atoms with Crippen LogP contribution in [0.4, 0.5) is 0 Å². The Bertz CT molecular complexity index is 1920. The van der Waals surface area contributed by atoms with Crippen LogP contribution in [0.15, 0.2) is 78.9 Å². The van der Waals surface area contributed by atoms with Crippen molar-refractivity contribution in [1.82, 2.24) is 0 Å². The minimum atomic E-state index is -1.22. The number of carbonyl (C=O) groups excluding carboxylic acids is 1. The highest BCUT2D eigenvalue weighted by atomic mass is 31.1. The quantitative estimate of drug-likeness (QED) is 0.125. The van der Waals surface area contributed by atoms with Crippen LogP contribution in [-0.4, -0.2) is 48.4 Å². The predicted octanol–water partition coefficient (Wildman–Crippen LogP) is 10.3. The zero-order chi connectivity index (χ0) is 38.0. The van der Waals surface area contributed by atoms with Crippen LogP contribution >= 0.6 is 7.92 Å². The molecular weight excluding hydrogens is 683 g/mol. The fourth-order valence-corrected chi connectivity index (χ4v) is 12.4. The second kappa shape index (κ2) is 15.9. The number of rotatable bonds is 11. The largest absolute Gasteiger partial charge is 0.496 e. The van der Waals surface area contributed by atoms with Crippen molar-refractivity contribution in [2.24, 2.45) is 0 Å². The van der Waals surface area contributed by atoms with E-state index in [0.29, 0.717) is 47.3 Å². The van der Waals surface area contributed by atoms with Gasteiger partial charge in [-0.1, -0.05) is 62.5 Å². The van der Waals surface area contributed by atoms with Crippen LogP contribution in [0.3, 0.4) is 0 Å². The Balaban J connectivity index is 1.85. The summed E-state index contributed by atoms with van der Waals surface area (Å²) >= 11 is 0. The van der Waals surface area contributed by atoms with E-state index in [0.717, 1.165) is 27.6 Å². The number of ether oxygens (including phenoxy) is 6. The third-order valence-corrected chi connectivity index (χ3v) is 13.8. The van der Waals surface area contributed by atoms with Crippen LogP contribution in [-0.2, 0) is 4.79 Å². The number of hydrogen-bond donors (Lipinski definition) is 0. The van der Waals surface area contributed by atoms with E-state index in [2.05, 4.69) is 82.3 Å². The third kappa shape index (κ3) is 6.95. The summed E-state index contributed by atoms with van der Waals surface area (Å²) in [6, 6.07) is 26.8. The molecule has 2 atom stereocenters. The van der Waals surface area contributed by atoms with Gasteiger partial charge in [0.15, 0.2) is 0 Å². The summed E-state index contributed by atoms with van der Waals surface area (Å²) in [5.74, 6) is 3.96. The molecule has 0 radical (unpaired) electrons. The SMILES string of the molecule is COc1cc(OC)c(-c2cccc(-c3c(OC)cc(OC)cc3OC)c2P2C(c3c(C)cccc3C)CC(=O)CC2c2c(C)cccc2C)c(OC)c1. The maximum atomic E-state index is 14.2. The van der Waals surface area contributed by atoms with Crippen molar-refractivity contribution in [3.8, 4) is 56.8 Å². The molecule has 276 valence electrons. The summed E-state index contributed by atoms with van der Waals surface area (Å²) in [7, 11) is 8.71. The van der Waals surface area contributed by atoms with E-state index >= 15 is 0 Å². The van der Waals surface area contributed by atoms with Gasteiger partial charge in [-0.15, -0.1) is 0 Å². The van der Waals surface area contributed by atoms with Crippen molar-refractivity contribution < 1.29 is 33.2 Å². The zero-order valence-corrected chi connectivity index (χ0v) is 33.3. The lowest BCUT2D eigenvalue weighted by atomic mass is 9.92. The van der Waals surface area contributed by atoms with Gasteiger partial charge in [0.25, 0.3) is 0 Å². The van der Waals surface area contributed by atoms with Gasteiger partial charge in [-0.3, -0.25) is 4.79 Å². The van der Waals surface area contributed by atoms with E-state index in [9.17, 15) is 4.79 Å². The highest BCUT2D eigenvalue weighted by molar-refractivity contribution is 7.67. The van der Waals surface area contributed by atoms with E-state index in [4.69, 9.17) is 28.4 Å². The van der Waals surface area contributed by atoms with Gasteiger partial charge in [0, 0.05) is 48.4 Å². The Morgan fingerprint density at radius 2 is 0.811 bits per heavy atom. The van der Waals surface area contributed by atoms with Crippen molar-refractivity contribution in [3.05, 3.63) is 112 Å². The highest BCUT2D eigenvalue weighted by Gasteiger charge is 2.44. The molecule has 53 heavy (non-hydrogen) atoms. The van der Waals surface area contributed by atoms with Gasteiger partial charge in [-0.05, 0) is 77.5 Å². The molecule has 0 aliphatic carbocycles. The molecule has 1 fully saturated rings. The summed E-state index contributed by atoms with van der Waals surface area (Å²) in [5, 5.41) is 1.11. The number of carbonyl (C=O) groups is 1. The Hall–Kier alpha value is -5.00. The molecule has 0 N–H and O–H groups in total. The van der Waals surface area contributed by atoms with E-state index < -0.39 is 7.92 Å². The van der Waals surface area contributed by atoms with Gasteiger partial charge in [0.2, 0.25) is 0 Å². The minimum absolute atomic E-state index is 0.0955. The number of ketones is 1. The summed E-state index contributed by atoms with van der Waals surface area (Å²) in [6.07, 6.45) is 0.862. The van der Waals surface area contributed by atoms with Crippen molar-refractivity contribution >= 4 is 19.0 Å². The molecule has 0 spiro atoms. The molecule has 0 bridgehead atoms. The van der Waals surface area contributed by atoms with Gasteiger partial charge in [0.05, 0.1) is 53.8 Å². The van der Waals surface area contributed by atoms with Gasteiger partial charge < -0.3 is 28.4 Å². The first-order valence-corrected chi connectivity index (χ1v) is 19.2. The molecule has 1 aliphatic rings. The third-order valence-electron chi connectivity index (χ3n) is 10.5. The average molecular weight is 733 g/mol. The summed E-state index contributed by atoms with van der Waals surface area (Å²) in [4.78, 5) is 14.2. The molecule has 5 aromatic carbocycles. The van der Waals surface area contributed by atoms with Crippen molar-refractivity contribution in [2.45, 2.75) is 51.9 Å². The molecule has 0 saturated carbocycles. The molecule has 1 saturated heterocycles. The van der Waals surface area contributed by atoms with Crippen LogP contribution < -0.4 is 33.7 Å². The van der Waals surface area contributed by atoms with Gasteiger partial charge in [0.1, 0.15) is 40.3 Å². The van der Waals surface area contributed by atoms with Crippen LogP contribution in [0.2, 0.25) is 0 Å². The second-order valence-electron chi connectivity index (χ2n) is 13.5. The first kappa shape index (κ1) is 37.7. The maximum absolute atomic E-state index is 14.2. The van der Waals surface area contributed by atoms with Crippen molar-refractivity contribution in [1.29, 1.82) is 0 Å². The predicted molar refractivity (Wildman–Crippen MR) is 215 cm³/mol. The Kier molecular flexibility index (Phi) is 11.3. The number of aryl methyl sites for hydroxylation is 4. The first-order valence-electron chi connectivity index (χ1n) is 17.8.